The van der Waals surface area contributed by atoms with Crippen LogP contribution < -0.4 is 0 Å². The number of aliphatic hydroxyl groups is 1. The van der Waals surface area contributed by atoms with Crippen molar-refractivity contribution in [2.45, 2.75) is 418 Å². The number of hydrogen-bond acceptors (Lipinski definition) is 5. The Morgan fingerprint density at radius 2 is 0.489 bits per heavy atom. The summed E-state index contributed by atoms with van der Waals surface area (Å²) in [5.74, 6) is -0.571. The Hall–Kier alpha value is -2.92. The molecule has 0 rings (SSSR count). The number of aliphatic hydroxyl groups excluding tert-OH is 1. The summed E-state index contributed by atoms with van der Waals surface area (Å²) in [7, 11) is 0. The zero-order chi connectivity index (χ0) is 63.3. The summed E-state index contributed by atoms with van der Waals surface area (Å²) >= 11 is 0. The normalized spacial score (nSPS) is 12.6. The molecule has 0 aliphatic rings. The van der Waals surface area contributed by atoms with Gasteiger partial charge in [-0.3, -0.25) is 9.59 Å². The van der Waals surface area contributed by atoms with Crippen LogP contribution in [0.15, 0.2) is 85.1 Å². The fourth-order valence-electron chi connectivity index (χ4n) is 11.9. The summed E-state index contributed by atoms with van der Waals surface area (Å²) in [6.07, 6.45) is 111. The zero-order valence-electron chi connectivity index (χ0n) is 59.0. The molecule has 0 radical (unpaired) electrons. The first-order chi connectivity index (χ1) is 43.6. The first kappa shape index (κ1) is 85.1. The van der Waals surface area contributed by atoms with E-state index in [1.54, 1.807) is 0 Å². The number of rotatable bonds is 73. The van der Waals surface area contributed by atoms with Gasteiger partial charge < -0.3 is 14.6 Å². The average Bonchev–Trinajstić information content (AvgIpc) is 3.54. The van der Waals surface area contributed by atoms with Crippen molar-refractivity contribution in [3.8, 4) is 0 Å². The Labute approximate surface area is 549 Å². The fourth-order valence-corrected chi connectivity index (χ4v) is 11.9. The first-order valence-electron chi connectivity index (χ1n) is 39.1. The molecule has 0 aliphatic heterocycles. The molecule has 0 amide bonds. The fraction of sp³-hybridized carbons (Fsp3) is 0.807. The quantitative estimate of drug-likeness (QED) is 0.0373. The standard InChI is InChI=1S/C83H150O5/c1-3-5-7-9-11-13-15-17-19-21-23-25-27-29-31-33-35-37-39-40-41-42-44-45-47-49-51-53-55-57-59-61-63-65-67-69-71-73-75-77-82(85)87-80-81(79-84)88-83(86)78-76-74-72-70-68-66-64-62-60-58-56-54-52-50-48-46-43-38-36-34-32-30-28-26-24-22-20-18-16-14-12-10-8-6-4-2/h6,8,12,14,18,20-21,23-24,26,30,32,36,38,81,84H,3-5,7,9-11,13,15-17,19,22,25,27-29,31,33-35,37,39-80H2,1-2H3/b8-6-,14-12-,20-18-,23-21-,26-24-,32-30-,38-36-. The Morgan fingerprint density at radius 3 is 0.750 bits per heavy atom. The molecule has 1 unspecified atom stereocenters. The lowest BCUT2D eigenvalue weighted by molar-refractivity contribution is -0.161. The number of esters is 2. The van der Waals surface area contributed by atoms with Gasteiger partial charge in [-0.2, -0.15) is 0 Å². The number of carbonyl (C=O) groups is 2. The molecule has 0 fully saturated rings. The maximum Gasteiger partial charge on any atom is 0.306 e. The maximum absolute atomic E-state index is 12.4. The van der Waals surface area contributed by atoms with Crippen molar-refractivity contribution in [3.63, 3.8) is 0 Å². The van der Waals surface area contributed by atoms with Gasteiger partial charge in [0.15, 0.2) is 6.10 Å². The van der Waals surface area contributed by atoms with Crippen LogP contribution in [0.2, 0.25) is 0 Å². The molecule has 0 aromatic heterocycles. The second-order valence-corrected chi connectivity index (χ2v) is 26.4. The molecular weight excluding hydrogens is 1080 g/mol. The summed E-state index contributed by atoms with van der Waals surface area (Å²) in [6.45, 7) is 4.08. The lowest BCUT2D eigenvalue weighted by atomic mass is 10.0. The largest absolute Gasteiger partial charge is 0.462 e. The van der Waals surface area contributed by atoms with Crippen LogP contribution in [0, 0.1) is 0 Å². The van der Waals surface area contributed by atoms with Crippen molar-refractivity contribution < 1.29 is 24.2 Å². The predicted octanol–water partition coefficient (Wildman–Crippen LogP) is 27.6. The number of carbonyl (C=O) groups excluding carboxylic acids is 2. The van der Waals surface area contributed by atoms with Gasteiger partial charge in [-0.05, 0) is 89.9 Å². The second-order valence-electron chi connectivity index (χ2n) is 26.4. The smallest absolute Gasteiger partial charge is 0.306 e. The molecule has 512 valence electrons. The molecule has 0 bridgehead atoms. The van der Waals surface area contributed by atoms with E-state index in [1.165, 1.54) is 308 Å². The van der Waals surface area contributed by atoms with Crippen molar-refractivity contribution in [1.29, 1.82) is 0 Å². The van der Waals surface area contributed by atoms with Crippen LogP contribution in [0.4, 0.5) is 0 Å². The van der Waals surface area contributed by atoms with Crippen molar-refractivity contribution in [3.05, 3.63) is 85.1 Å². The van der Waals surface area contributed by atoms with E-state index in [2.05, 4.69) is 98.9 Å². The van der Waals surface area contributed by atoms with Crippen molar-refractivity contribution in [1.82, 2.24) is 0 Å². The highest BCUT2D eigenvalue weighted by atomic mass is 16.6. The third-order valence-corrected chi connectivity index (χ3v) is 17.7. The summed E-state index contributed by atoms with van der Waals surface area (Å²) in [6, 6.07) is 0. The minimum absolute atomic E-state index is 0.0627. The zero-order valence-corrected chi connectivity index (χ0v) is 59.0. The minimum atomic E-state index is -0.775. The molecule has 0 spiro atoms. The van der Waals surface area contributed by atoms with Gasteiger partial charge in [0.2, 0.25) is 0 Å². The van der Waals surface area contributed by atoms with Crippen molar-refractivity contribution >= 4 is 11.9 Å². The van der Waals surface area contributed by atoms with Crippen LogP contribution in [0.5, 0.6) is 0 Å². The van der Waals surface area contributed by atoms with Gasteiger partial charge in [-0.15, -0.1) is 0 Å². The molecule has 1 atom stereocenters. The summed E-state index contributed by atoms with van der Waals surface area (Å²) in [4.78, 5) is 24.7. The van der Waals surface area contributed by atoms with E-state index in [-0.39, 0.29) is 25.2 Å². The van der Waals surface area contributed by atoms with Gasteiger partial charge in [-0.25, -0.2) is 0 Å². The van der Waals surface area contributed by atoms with Gasteiger partial charge in [0, 0.05) is 12.8 Å². The van der Waals surface area contributed by atoms with Crippen LogP contribution in [-0.2, 0) is 19.1 Å². The Bertz CT molecular complexity index is 1580. The van der Waals surface area contributed by atoms with Gasteiger partial charge >= 0.3 is 11.9 Å². The molecule has 0 saturated carbocycles. The highest BCUT2D eigenvalue weighted by molar-refractivity contribution is 5.70. The Morgan fingerprint density at radius 1 is 0.273 bits per heavy atom. The van der Waals surface area contributed by atoms with Crippen LogP contribution in [0.3, 0.4) is 0 Å². The van der Waals surface area contributed by atoms with Crippen LogP contribution in [0.25, 0.3) is 0 Å². The lowest BCUT2D eigenvalue weighted by Gasteiger charge is -2.15. The maximum atomic E-state index is 12.4. The average molecular weight is 1230 g/mol. The molecule has 0 heterocycles. The monoisotopic (exact) mass is 1230 g/mol. The highest BCUT2D eigenvalue weighted by Gasteiger charge is 2.16. The lowest BCUT2D eigenvalue weighted by Crippen LogP contribution is -2.28. The van der Waals surface area contributed by atoms with E-state index in [1.807, 2.05) is 0 Å². The highest BCUT2D eigenvalue weighted by Crippen LogP contribution is 2.19. The van der Waals surface area contributed by atoms with Gasteiger partial charge in [-0.1, -0.05) is 394 Å². The molecule has 5 heteroatoms. The van der Waals surface area contributed by atoms with E-state index in [4.69, 9.17) is 9.47 Å². The number of allylic oxidation sites excluding steroid dienone is 14. The van der Waals surface area contributed by atoms with E-state index in [0.29, 0.717) is 12.8 Å². The molecule has 1 N–H and O–H groups in total. The van der Waals surface area contributed by atoms with Crippen molar-refractivity contribution in [2.75, 3.05) is 13.2 Å². The van der Waals surface area contributed by atoms with E-state index >= 15 is 0 Å². The molecule has 88 heavy (non-hydrogen) atoms. The van der Waals surface area contributed by atoms with Gasteiger partial charge in [0.25, 0.3) is 0 Å². The molecular formula is C83H150O5. The predicted molar refractivity (Wildman–Crippen MR) is 390 cm³/mol. The van der Waals surface area contributed by atoms with Gasteiger partial charge in [0.1, 0.15) is 6.61 Å². The number of ether oxygens (including phenoxy) is 2. The second kappa shape index (κ2) is 78.3. The Kier molecular flexibility index (Phi) is 75.7. The van der Waals surface area contributed by atoms with E-state index in [0.717, 1.165) is 77.0 Å². The topological polar surface area (TPSA) is 72.8 Å². The number of hydrogen-bond donors (Lipinski definition) is 1. The summed E-state index contributed by atoms with van der Waals surface area (Å²) in [5, 5.41) is 9.73. The third-order valence-electron chi connectivity index (χ3n) is 17.7. The summed E-state index contributed by atoms with van der Waals surface area (Å²) in [5.41, 5.74) is 0. The van der Waals surface area contributed by atoms with Crippen LogP contribution in [0.1, 0.15) is 412 Å². The SMILES string of the molecule is CC/C=C\C/C=C\C/C=C\C/C=C\C/C=C\C/C=C\CCCCCCCCCCCCCCCCCCC(=O)OC(CO)COC(=O)CCCCCCCCCCCCCCCCCCCCCCCCCCCCC/C=C\CCCCCCCCCC. The molecule has 0 aliphatic carbocycles. The first-order valence-corrected chi connectivity index (χ1v) is 39.1. The van der Waals surface area contributed by atoms with Gasteiger partial charge in [0.05, 0.1) is 6.61 Å². The van der Waals surface area contributed by atoms with Crippen LogP contribution >= 0.6 is 0 Å². The van der Waals surface area contributed by atoms with Crippen LogP contribution in [-0.4, -0.2) is 36.4 Å². The summed E-state index contributed by atoms with van der Waals surface area (Å²) < 4.78 is 10.8. The van der Waals surface area contributed by atoms with E-state index in [9.17, 15) is 14.7 Å². The molecule has 5 nitrogen and oxygen atoms in total. The third kappa shape index (κ3) is 75.5. The van der Waals surface area contributed by atoms with Crippen molar-refractivity contribution in [2.24, 2.45) is 0 Å². The van der Waals surface area contributed by atoms with E-state index < -0.39 is 6.10 Å². The molecule has 0 saturated heterocycles. The minimum Gasteiger partial charge on any atom is -0.462 e. The molecule has 0 aromatic carbocycles. The molecule has 0 aromatic rings. The Balaban J connectivity index is 3.40. The number of unbranched alkanes of at least 4 members (excludes halogenated alkanes) is 51.